The van der Waals surface area contributed by atoms with Crippen molar-refractivity contribution < 1.29 is 24.5 Å². The van der Waals surface area contributed by atoms with Crippen LogP contribution in [0.4, 0.5) is 5.13 Å². The molecular formula is C20H35N8O5S+. The Balaban J connectivity index is 3.05. The van der Waals surface area contributed by atoms with E-state index in [0.717, 1.165) is 0 Å². The molecule has 0 aliphatic carbocycles. The molecule has 0 saturated carbocycles. The summed E-state index contributed by atoms with van der Waals surface area (Å²) in [7, 11) is 1.23. The van der Waals surface area contributed by atoms with Crippen molar-refractivity contribution in [2.24, 2.45) is 28.5 Å². The molecule has 0 radical (unpaired) electrons. The number of aliphatic imine (C=N–C) groups is 1. The quantitative estimate of drug-likeness (QED) is 0.0619. The molecule has 13 nitrogen and oxygen atoms in total. The maximum absolute atomic E-state index is 13.2. The van der Waals surface area contributed by atoms with Crippen LogP contribution in [-0.4, -0.2) is 70.0 Å². The number of nitroso groups, excluding NO2 is 1. The lowest BCUT2D eigenvalue weighted by molar-refractivity contribution is -0.562. The summed E-state index contributed by atoms with van der Waals surface area (Å²) in [4.78, 5) is 56.8. The number of nitrogens with two attached hydrogens (primary N) is 1. The van der Waals surface area contributed by atoms with E-state index in [-0.39, 0.29) is 30.8 Å². The molecule has 0 fully saturated rings. The van der Waals surface area contributed by atoms with Crippen LogP contribution in [0.1, 0.15) is 40.5 Å². The number of nitrogens with one attached hydrogen (secondary N) is 3. The highest BCUT2D eigenvalue weighted by Gasteiger charge is 2.34. The van der Waals surface area contributed by atoms with E-state index in [2.05, 4.69) is 26.0 Å². The Morgan fingerprint density at radius 1 is 1.32 bits per heavy atom. The Bertz CT molecular complexity index is 848. The van der Waals surface area contributed by atoms with Crippen LogP contribution in [0, 0.1) is 22.7 Å². The van der Waals surface area contributed by atoms with E-state index in [4.69, 9.17) is 5.73 Å². The van der Waals surface area contributed by atoms with Gasteiger partial charge in [-0.15, -0.1) is 11.3 Å². The van der Waals surface area contributed by atoms with Crippen molar-refractivity contribution in [1.82, 2.24) is 20.8 Å². The summed E-state index contributed by atoms with van der Waals surface area (Å²) in [5.74, 6) is -2.02. The highest BCUT2D eigenvalue weighted by molar-refractivity contribution is 7.13. The van der Waals surface area contributed by atoms with Crippen molar-refractivity contribution in [1.29, 1.82) is 0 Å². The third-order valence-electron chi connectivity index (χ3n) is 5.12. The number of aromatic nitrogens is 1. The van der Waals surface area contributed by atoms with Crippen LogP contribution in [0.2, 0.25) is 0 Å². The number of hydroxylamine groups is 2. The number of guanidine groups is 1. The summed E-state index contributed by atoms with van der Waals surface area (Å²) in [5, 5.41) is 17.9. The molecule has 34 heavy (non-hydrogen) atoms. The Morgan fingerprint density at radius 3 is 2.53 bits per heavy atom. The van der Waals surface area contributed by atoms with Gasteiger partial charge in [0, 0.05) is 18.1 Å². The van der Waals surface area contributed by atoms with Crippen LogP contribution in [0.3, 0.4) is 0 Å². The number of rotatable bonds is 14. The number of anilines is 1. The smallest absolute Gasteiger partial charge is 0.250 e. The molecule has 0 bridgehead atoms. The van der Waals surface area contributed by atoms with Gasteiger partial charge in [0.2, 0.25) is 31.2 Å². The van der Waals surface area contributed by atoms with E-state index in [9.17, 15) is 24.5 Å². The number of carbonyl (C=O) groups excluding carboxylic acids is 3. The van der Waals surface area contributed by atoms with Gasteiger partial charge in [0.25, 0.3) is 0 Å². The van der Waals surface area contributed by atoms with Crippen molar-refractivity contribution in [2.75, 3.05) is 18.9 Å². The zero-order valence-corrected chi connectivity index (χ0v) is 20.9. The zero-order valence-electron chi connectivity index (χ0n) is 20.1. The number of hydrogen-bond acceptors (Lipinski definition) is 8. The average molecular weight is 500 g/mol. The SMILES string of the molecule is CC(C)CC(C(=O)N[C@H](C(=O)Nc1nccs1)C(C)CCN=C(N)N[N+](C)=O)[C@H](C)N(O)C=O. The summed E-state index contributed by atoms with van der Waals surface area (Å²) in [6, 6.07) is -1.74. The lowest BCUT2D eigenvalue weighted by Crippen LogP contribution is -2.53. The molecule has 6 N–H and O–H groups in total. The number of hydrazine groups is 1. The molecule has 0 aromatic carbocycles. The fourth-order valence-electron chi connectivity index (χ4n) is 3.26. The Labute approximate surface area is 202 Å². The molecule has 1 aromatic rings. The van der Waals surface area contributed by atoms with Crippen molar-refractivity contribution in [3.8, 4) is 0 Å². The number of hydrogen-bond donors (Lipinski definition) is 5. The van der Waals surface area contributed by atoms with E-state index in [1.165, 1.54) is 18.4 Å². The molecule has 4 atom stereocenters. The second kappa shape index (κ2) is 14.2. The lowest BCUT2D eigenvalue weighted by Gasteiger charge is -2.31. The Hall–Kier alpha value is -3.13. The number of carbonyl (C=O) groups is 3. The molecule has 190 valence electrons. The zero-order chi connectivity index (χ0) is 25.8. The van der Waals surface area contributed by atoms with Crippen LogP contribution >= 0.6 is 11.3 Å². The van der Waals surface area contributed by atoms with Gasteiger partial charge in [-0.3, -0.25) is 19.6 Å². The molecular weight excluding hydrogens is 464 g/mol. The predicted molar refractivity (Wildman–Crippen MR) is 128 cm³/mol. The van der Waals surface area contributed by atoms with E-state index < -0.39 is 29.8 Å². The van der Waals surface area contributed by atoms with Crippen LogP contribution in [-0.2, 0) is 14.4 Å². The van der Waals surface area contributed by atoms with Crippen LogP contribution in [0.15, 0.2) is 16.6 Å². The highest BCUT2D eigenvalue weighted by Crippen LogP contribution is 2.21. The predicted octanol–water partition coefficient (Wildman–Crippen LogP) is 0.719. The topological polar surface area (TPSA) is 182 Å². The number of thiazole rings is 1. The lowest BCUT2D eigenvalue weighted by atomic mass is 9.89. The van der Waals surface area contributed by atoms with Gasteiger partial charge in [0.1, 0.15) is 10.9 Å². The molecule has 1 rings (SSSR count). The fraction of sp³-hybridized carbons (Fsp3) is 0.650. The molecule has 0 spiro atoms. The van der Waals surface area contributed by atoms with Crippen molar-refractivity contribution >= 4 is 40.7 Å². The Morgan fingerprint density at radius 2 is 2.00 bits per heavy atom. The van der Waals surface area contributed by atoms with Gasteiger partial charge in [-0.05, 0) is 31.6 Å². The van der Waals surface area contributed by atoms with Gasteiger partial charge in [0.05, 0.1) is 16.9 Å². The first kappa shape index (κ1) is 28.9. The molecule has 2 unspecified atom stereocenters. The summed E-state index contributed by atoms with van der Waals surface area (Å²) in [6.07, 6.45) is 2.55. The van der Waals surface area contributed by atoms with E-state index in [1.54, 1.807) is 25.4 Å². The highest BCUT2D eigenvalue weighted by atomic mass is 32.1. The largest absolute Gasteiger partial charge is 0.366 e. The molecule has 1 heterocycles. The summed E-state index contributed by atoms with van der Waals surface area (Å²) in [5.41, 5.74) is 7.90. The summed E-state index contributed by atoms with van der Waals surface area (Å²) in [6.45, 7) is 7.37. The minimum absolute atomic E-state index is 0.0692. The molecule has 0 aliphatic heterocycles. The molecule has 14 heteroatoms. The fourth-order valence-corrected chi connectivity index (χ4v) is 3.79. The van der Waals surface area contributed by atoms with Gasteiger partial charge in [-0.1, -0.05) is 26.2 Å². The summed E-state index contributed by atoms with van der Waals surface area (Å²) >= 11 is 1.24. The number of nitrogens with zero attached hydrogens (tertiary/aromatic N) is 4. The third-order valence-corrected chi connectivity index (χ3v) is 5.81. The van der Waals surface area contributed by atoms with Gasteiger partial charge >= 0.3 is 0 Å². The van der Waals surface area contributed by atoms with Gasteiger partial charge in [0.15, 0.2) is 5.13 Å². The molecule has 0 saturated heterocycles. The molecule has 1 aromatic heterocycles. The van der Waals surface area contributed by atoms with E-state index in [1.807, 2.05) is 13.8 Å². The minimum atomic E-state index is -0.951. The average Bonchev–Trinajstić information content (AvgIpc) is 3.26. The number of amides is 3. The van der Waals surface area contributed by atoms with Gasteiger partial charge in [-0.2, -0.15) is 0 Å². The van der Waals surface area contributed by atoms with Crippen molar-refractivity contribution in [3.63, 3.8) is 0 Å². The standard InChI is InChI=1S/C20H34N8O5S/c1-12(2)10-15(14(4)28(33)11-29)17(30)24-16(18(31)25-20-23-8-9-34-20)13(3)6-7-22-19(21)26-27(5)32/h8-9,11-16,33H,6-7,10H2,1-5H3,(H4-,21,22,23,24,25,26,30,31,32)/p+1/t13?,14-,15?,16-/m0/s1. The Kier molecular flexibility index (Phi) is 12.1. The first-order valence-electron chi connectivity index (χ1n) is 10.9. The normalized spacial score (nSPS) is 15.1. The van der Waals surface area contributed by atoms with Crippen LogP contribution in [0.5, 0.6) is 0 Å². The van der Waals surface area contributed by atoms with Gasteiger partial charge < -0.3 is 16.4 Å². The maximum Gasteiger partial charge on any atom is 0.250 e. The maximum atomic E-state index is 13.2. The van der Waals surface area contributed by atoms with E-state index >= 15 is 0 Å². The van der Waals surface area contributed by atoms with Crippen LogP contribution in [0.25, 0.3) is 0 Å². The summed E-state index contributed by atoms with van der Waals surface area (Å²) < 4.78 is 0. The van der Waals surface area contributed by atoms with Crippen molar-refractivity contribution in [3.05, 3.63) is 16.5 Å². The first-order chi connectivity index (χ1) is 16.0. The monoisotopic (exact) mass is 499 g/mol. The van der Waals surface area contributed by atoms with E-state index in [0.29, 0.717) is 27.9 Å². The van der Waals surface area contributed by atoms with Crippen LogP contribution < -0.4 is 21.8 Å². The van der Waals surface area contributed by atoms with Crippen molar-refractivity contribution in [2.45, 2.75) is 52.6 Å². The second-order valence-corrected chi connectivity index (χ2v) is 9.31. The third kappa shape index (κ3) is 9.79. The second-order valence-electron chi connectivity index (χ2n) is 8.42. The van der Waals surface area contributed by atoms with Gasteiger partial charge in [-0.25, -0.2) is 15.0 Å². The first-order valence-corrected chi connectivity index (χ1v) is 11.7. The molecule has 3 amide bonds. The molecule has 0 aliphatic rings. The minimum Gasteiger partial charge on any atom is -0.366 e.